The minimum Gasteiger partial charge on any atom is -0.336 e. The number of aryl methyl sites for hydroxylation is 1. The van der Waals surface area contributed by atoms with Gasteiger partial charge in [0.05, 0.1) is 6.04 Å². The van der Waals surface area contributed by atoms with Crippen LogP contribution in [0.1, 0.15) is 55.7 Å². The van der Waals surface area contributed by atoms with Crippen LogP contribution in [-0.2, 0) is 4.79 Å². The number of amides is 1. The van der Waals surface area contributed by atoms with E-state index in [9.17, 15) is 4.79 Å². The van der Waals surface area contributed by atoms with E-state index in [4.69, 9.17) is 0 Å². The highest BCUT2D eigenvalue weighted by molar-refractivity contribution is 5.85. The van der Waals surface area contributed by atoms with Crippen molar-refractivity contribution >= 4 is 18.3 Å². The number of nitrogens with one attached hydrogen (secondary N) is 1. The van der Waals surface area contributed by atoms with Gasteiger partial charge in [0.2, 0.25) is 5.91 Å². The van der Waals surface area contributed by atoms with Gasteiger partial charge < -0.3 is 10.2 Å². The first-order valence-corrected chi connectivity index (χ1v) is 8.33. The molecule has 1 aromatic carbocycles. The summed E-state index contributed by atoms with van der Waals surface area (Å²) in [4.78, 5) is 14.8. The highest BCUT2D eigenvalue weighted by Crippen LogP contribution is 2.32. The third-order valence-corrected chi connectivity index (χ3v) is 4.87. The molecule has 1 N–H and O–H groups in total. The summed E-state index contributed by atoms with van der Waals surface area (Å²) in [7, 11) is 0. The fourth-order valence-electron chi connectivity index (χ4n) is 3.62. The predicted octanol–water partition coefficient (Wildman–Crippen LogP) is 3.61. The summed E-state index contributed by atoms with van der Waals surface area (Å²) < 4.78 is 0. The molecular formula is C18H27ClN2O. The molecular weight excluding hydrogens is 296 g/mol. The van der Waals surface area contributed by atoms with E-state index in [0.717, 1.165) is 32.4 Å². The lowest BCUT2D eigenvalue weighted by Gasteiger charge is -2.37. The van der Waals surface area contributed by atoms with Gasteiger partial charge in [0.25, 0.3) is 0 Å². The molecule has 0 saturated carbocycles. The van der Waals surface area contributed by atoms with Crippen molar-refractivity contribution in [2.45, 2.75) is 57.5 Å². The van der Waals surface area contributed by atoms with Crippen molar-refractivity contribution in [3.63, 3.8) is 0 Å². The highest BCUT2D eigenvalue weighted by atomic mass is 35.5. The van der Waals surface area contributed by atoms with Crippen LogP contribution >= 0.6 is 12.4 Å². The largest absolute Gasteiger partial charge is 0.336 e. The maximum Gasteiger partial charge on any atom is 0.224 e. The van der Waals surface area contributed by atoms with Crippen molar-refractivity contribution in [3.05, 3.63) is 35.4 Å². The third kappa shape index (κ3) is 4.02. The van der Waals surface area contributed by atoms with E-state index in [2.05, 4.69) is 41.4 Å². The molecule has 2 aliphatic rings. The van der Waals surface area contributed by atoms with Crippen molar-refractivity contribution in [1.29, 1.82) is 0 Å². The Kier molecular flexibility index (Phi) is 6.27. The van der Waals surface area contributed by atoms with Crippen LogP contribution in [0.5, 0.6) is 0 Å². The number of likely N-dealkylation sites (tertiary alicyclic amines) is 1. The third-order valence-electron chi connectivity index (χ3n) is 4.87. The van der Waals surface area contributed by atoms with E-state index in [-0.39, 0.29) is 18.4 Å². The lowest BCUT2D eigenvalue weighted by atomic mass is 9.94. The minimum absolute atomic E-state index is 0. The summed E-state index contributed by atoms with van der Waals surface area (Å²) in [6.07, 6.45) is 6.50. The van der Waals surface area contributed by atoms with Crippen LogP contribution < -0.4 is 5.32 Å². The van der Waals surface area contributed by atoms with Gasteiger partial charge in [-0.2, -0.15) is 0 Å². The van der Waals surface area contributed by atoms with Crippen molar-refractivity contribution < 1.29 is 4.79 Å². The zero-order valence-corrected chi connectivity index (χ0v) is 14.2. The van der Waals surface area contributed by atoms with E-state index in [0.29, 0.717) is 18.4 Å². The van der Waals surface area contributed by atoms with Crippen molar-refractivity contribution in [2.24, 2.45) is 0 Å². The Hall–Kier alpha value is -1.06. The van der Waals surface area contributed by atoms with Crippen LogP contribution in [0.2, 0.25) is 0 Å². The molecule has 2 aliphatic heterocycles. The molecule has 2 unspecified atom stereocenters. The van der Waals surface area contributed by atoms with E-state index in [1.54, 1.807) is 0 Å². The van der Waals surface area contributed by atoms with Crippen LogP contribution in [0, 0.1) is 6.92 Å². The first-order chi connectivity index (χ1) is 10.2. The molecule has 3 nitrogen and oxygen atoms in total. The molecule has 0 spiro atoms. The normalized spacial score (nSPS) is 24.9. The van der Waals surface area contributed by atoms with Crippen LogP contribution in [0.3, 0.4) is 0 Å². The van der Waals surface area contributed by atoms with Crippen LogP contribution in [0.4, 0.5) is 0 Å². The number of carbonyl (C=O) groups excluding carboxylic acids is 1. The number of hydrogen-bond acceptors (Lipinski definition) is 2. The molecule has 4 heteroatoms. The van der Waals surface area contributed by atoms with E-state index in [1.807, 2.05) is 0 Å². The molecule has 0 radical (unpaired) electrons. The second-order valence-corrected chi connectivity index (χ2v) is 6.51. The topological polar surface area (TPSA) is 32.3 Å². The molecule has 22 heavy (non-hydrogen) atoms. The van der Waals surface area contributed by atoms with Crippen molar-refractivity contribution in [2.75, 3.05) is 13.1 Å². The van der Waals surface area contributed by atoms with Gasteiger partial charge in [-0.3, -0.25) is 4.79 Å². The molecule has 2 atom stereocenters. The van der Waals surface area contributed by atoms with Crippen LogP contribution in [0.15, 0.2) is 24.3 Å². The van der Waals surface area contributed by atoms with Gasteiger partial charge >= 0.3 is 0 Å². The van der Waals surface area contributed by atoms with Gasteiger partial charge in [-0.25, -0.2) is 0 Å². The number of nitrogens with zero attached hydrogens (tertiary/aromatic N) is 1. The smallest absolute Gasteiger partial charge is 0.224 e. The summed E-state index contributed by atoms with van der Waals surface area (Å²) in [6, 6.07) is 9.39. The Bertz CT molecular complexity index is 482. The molecule has 2 saturated heterocycles. The summed E-state index contributed by atoms with van der Waals surface area (Å²) in [6.45, 7) is 4.10. The molecule has 122 valence electrons. The fourth-order valence-corrected chi connectivity index (χ4v) is 3.62. The quantitative estimate of drug-likeness (QED) is 0.922. The summed E-state index contributed by atoms with van der Waals surface area (Å²) in [5.41, 5.74) is 2.58. The number of halogens is 1. The second kappa shape index (κ2) is 7.98. The molecule has 0 aromatic heterocycles. The molecule has 2 heterocycles. The number of benzene rings is 1. The van der Waals surface area contributed by atoms with Crippen molar-refractivity contribution in [1.82, 2.24) is 10.2 Å². The maximum absolute atomic E-state index is 12.7. The van der Waals surface area contributed by atoms with Crippen LogP contribution in [0.25, 0.3) is 0 Å². The Morgan fingerprint density at radius 1 is 1.18 bits per heavy atom. The highest BCUT2D eigenvalue weighted by Gasteiger charge is 2.29. The first-order valence-electron chi connectivity index (χ1n) is 8.33. The fraction of sp³-hybridized carbons (Fsp3) is 0.611. The van der Waals surface area contributed by atoms with Gasteiger partial charge in [-0.1, -0.05) is 29.8 Å². The van der Waals surface area contributed by atoms with E-state index >= 15 is 0 Å². The minimum atomic E-state index is 0. The Morgan fingerprint density at radius 3 is 2.64 bits per heavy atom. The summed E-state index contributed by atoms with van der Waals surface area (Å²) in [5.74, 6) is 0.333. The lowest BCUT2D eigenvalue weighted by molar-refractivity contribution is -0.135. The zero-order chi connectivity index (χ0) is 14.7. The van der Waals surface area contributed by atoms with Gasteiger partial charge in [0.15, 0.2) is 0 Å². The second-order valence-electron chi connectivity index (χ2n) is 6.51. The van der Waals surface area contributed by atoms with Gasteiger partial charge in [-0.15, -0.1) is 12.4 Å². The predicted molar refractivity (Wildman–Crippen MR) is 92.4 cm³/mol. The average Bonchev–Trinajstić information content (AvgIpc) is 3.01. The molecule has 0 aliphatic carbocycles. The maximum atomic E-state index is 12.7. The lowest BCUT2D eigenvalue weighted by Crippen LogP contribution is -2.41. The monoisotopic (exact) mass is 322 g/mol. The Labute approximate surface area is 139 Å². The van der Waals surface area contributed by atoms with Gasteiger partial charge in [0, 0.05) is 19.0 Å². The summed E-state index contributed by atoms with van der Waals surface area (Å²) >= 11 is 0. The molecule has 2 fully saturated rings. The Balaban J connectivity index is 0.00000176. The first kappa shape index (κ1) is 17.3. The van der Waals surface area contributed by atoms with E-state index in [1.165, 1.54) is 24.0 Å². The Morgan fingerprint density at radius 2 is 1.95 bits per heavy atom. The van der Waals surface area contributed by atoms with Gasteiger partial charge in [0.1, 0.15) is 0 Å². The zero-order valence-electron chi connectivity index (χ0n) is 13.4. The standard InChI is InChI=1S/C18H26N2O.ClH/c1-14-7-9-15(10-8-14)17-6-2-3-12-20(17)18(21)13-16-5-4-11-19-16;/h7-10,16-17,19H,2-6,11-13H2,1H3;1H. The number of piperidine rings is 1. The van der Waals surface area contributed by atoms with Crippen LogP contribution in [-0.4, -0.2) is 29.9 Å². The molecule has 3 rings (SSSR count). The average molecular weight is 323 g/mol. The number of carbonyl (C=O) groups is 1. The molecule has 1 amide bonds. The number of hydrogen-bond donors (Lipinski definition) is 1. The number of rotatable bonds is 3. The van der Waals surface area contributed by atoms with Crippen molar-refractivity contribution in [3.8, 4) is 0 Å². The molecule has 1 aromatic rings. The SMILES string of the molecule is Cc1ccc(C2CCCCN2C(=O)CC2CCCN2)cc1.Cl. The van der Waals surface area contributed by atoms with E-state index < -0.39 is 0 Å². The van der Waals surface area contributed by atoms with Gasteiger partial charge in [-0.05, 0) is 51.1 Å². The summed E-state index contributed by atoms with van der Waals surface area (Å²) in [5, 5.41) is 3.44. The molecule has 0 bridgehead atoms.